The molecule has 22 heavy (non-hydrogen) atoms. The Morgan fingerprint density at radius 2 is 2.05 bits per heavy atom. The van der Waals surface area contributed by atoms with Gasteiger partial charge in [-0.1, -0.05) is 12.1 Å². The fourth-order valence-electron chi connectivity index (χ4n) is 1.85. The average molecular weight is 302 g/mol. The van der Waals surface area contributed by atoms with Gasteiger partial charge in [0.2, 0.25) is 5.95 Å². The lowest BCUT2D eigenvalue weighted by Gasteiger charge is -2.08. The van der Waals surface area contributed by atoms with Crippen molar-refractivity contribution in [3.8, 4) is 17.0 Å². The second kappa shape index (κ2) is 7.37. The number of amides is 1. The summed E-state index contributed by atoms with van der Waals surface area (Å²) < 4.78 is 10.8. The highest BCUT2D eigenvalue weighted by Crippen LogP contribution is 2.23. The zero-order chi connectivity index (χ0) is 15.9. The summed E-state index contributed by atoms with van der Waals surface area (Å²) in [6.45, 7) is 3.55. The molecule has 0 spiro atoms. The van der Waals surface area contributed by atoms with Crippen LogP contribution in [0.5, 0.6) is 5.75 Å². The molecule has 7 nitrogen and oxygen atoms in total. The number of aromatic nitrogens is 2. The maximum Gasteiger partial charge on any atom is 0.267 e. The lowest BCUT2D eigenvalue weighted by Crippen LogP contribution is -2.15. The van der Waals surface area contributed by atoms with Crippen LogP contribution < -0.4 is 16.2 Å². The Morgan fingerprint density at radius 1 is 1.23 bits per heavy atom. The van der Waals surface area contributed by atoms with Crippen molar-refractivity contribution in [2.75, 3.05) is 25.6 Å². The van der Waals surface area contributed by atoms with Gasteiger partial charge in [0.15, 0.2) is 0 Å². The van der Waals surface area contributed by atoms with Gasteiger partial charge in [-0.2, -0.15) is 0 Å². The number of nitrogens with zero attached hydrogens (tertiary/aromatic N) is 2. The maximum absolute atomic E-state index is 11.2. The third kappa shape index (κ3) is 4.16. The second-order valence-electron chi connectivity index (χ2n) is 4.43. The highest BCUT2D eigenvalue weighted by molar-refractivity contribution is 5.92. The summed E-state index contributed by atoms with van der Waals surface area (Å²) in [5.41, 5.74) is 12.2. The molecule has 0 saturated heterocycles. The molecule has 7 heteroatoms. The molecule has 0 bridgehead atoms. The predicted octanol–water partition coefficient (Wildman–Crippen LogP) is 1.24. The number of ether oxygens (including phenoxy) is 2. The van der Waals surface area contributed by atoms with Gasteiger partial charge in [0.25, 0.3) is 5.91 Å². The van der Waals surface area contributed by atoms with Gasteiger partial charge >= 0.3 is 0 Å². The minimum Gasteiger partial charge on any atom is -0.491 e. The molecule has 0 fully saturated rings. The second-order valence-corrected chi connectivity index (χ2v) is 4.43. The zero-order valence-corrected chi connectivity index (χ0v) is 12.3. The Kier molecular flexibility index (Phi) is 5.26. The number of benzene rings is 1. The Bertz CT molecular complexity index is 661. The van der Waals surface area contributed by atoms with Crippen molar-refractivity contribution in [1.82, 2.24) is 9.97 Å². The van der Waals surface area contributed by atoms with Crippen molar-refractivity contribution >= 4 is 11.9 Å². The number of nitrogens with two attached hydrogens (primary N) is 2. The molecule has 4 N–H and O–H groups in total. The van der Waals surface area contributed by atoms with Gasteiger partial charge < -0.3 is 20.9 Å². The van der Waals surface area contributed by atoms with E-state index in [4.69, 9.17) is 20.9 Å². The predicted molar refractivity (Wildman–Crippen MR) is 82.4 cm³/mol. The molecule has 1 aromatic carbocycles. The first-order chi connectivity index (χ1) is 10.6. The summed E-state index contributed by atoms with van der Waals surface area (Å²) in [7, 11) is 0. The van der Waals surface area contributed by atoms with Gasteiger partial charge in [0.1, 0.15) is 18.1 Å². The number of hydrogen-bond acceptors (Lipinski definition) is 6. The van der Waals surface area contributed by atoms with E-state index in [1.807, 2.05) is 25.1 Å². The van der Waals surface area contributed by atoms with Crippen LogP contribution in [0.4, 0.5) is 5.95 Å². The van der Waals surface area contributed by atoms with Crippen LogP contribution in [-0.2, 0) is 4.74 Å². The van der Waals surface area contributed by atoms with Gasteiger partial charge in [-0.15, -0.1) is 0 Å². The van der Waals surface area contributed by atoms with Gasteiger partial charge in [0, 0.05) is 12.2 Å². The molecule has 116 valence electrons. The number of hydrogen-bond donors (Lipinski definition) is 2. The highest BCUT2D eigenvalue weighted by Gasteiger charge is 2.09. The van der Waals surface area contributed by atoms with Gasteiger partial charge in [-0.25, -0.2) is 9.97 Å². The van der Waals surface area contributed by atoms with Crippen molar-refractivity contribution in [1.29, 1.82) is 0 Å². The minimum atomic E-state index is -0.653. The van der Waals surface area contributed by atoms with Crippen LogP contribution in [-0.4, -0.2) is 35.7 Å². The van der Waals surface area contributed by atoms with Crippen molar-refractivity contribution in [3.63, 3.8) is 0 Å². The smallest absolute Gasteiger partial charge is 0.267 e. The van der Waals surface area contributed by atoms with E-state index in [1.54, 1.807) is 6.07 Å². The minimum absolute atomic E-state index is 0.00559. The first kappa shape index (κ1) is 15.7. The quantitative estimate of drug-likeness (QED) is 0.744. The van der Waals surface area contributed by atoms with Crippen molar-refractivity contribution in [2.24, 2.45) is 5.73 Å². The Balaban J connectivity index is 2.20. The molecule has 1 aromatic heterocycles. The van der Waals surface area contributed by atoms with E-state index in [2.05, 4.69) is 9.97 Å². The van der Waals surface area contributed by atoms with Crippen molar-refractivity contribution in [3.05, 3.63) is 36.0 Å². The lowest BCUT2D eigenvalue weighted by molar-refractivity contribution is 0.0995. The van der Waals surface area contributed by atoms with E-state index in [9.17, 15) is 4.79 Å². The molecule has 0 aliphatic heterocycles. The molecular weight excluding hydrogens is 284 g/mol. The molecule has 0 saturated carbocycles. The van der Waals surface area contributed by atoms with E-state index in [1.165, 1.54) is 6.07 Å². The first-order valence-electron chi connectivity index (χ1n) is 6.85. The molecule has 0 radical (unpaired) electrons. The lowest BCUT2D eigenvalue weighted by atomic mass is 10.1. The van der Waals surface area contributed by atoms with Crippen LogP contribution in [0, 0.1) is 0 Å². The Morgan fingerprint density at radius 3 is 2.77 bits per heavy atom. The molecule has 1 amide bonds. The topological polar surface area (TPSA) is 113 Å². The summed E-state index contributed by atoms with van der Waals surface area (Å²) >= 11 is 0. The summed E-state index contributed by atoms with van der Waals surface area (Å²) in [5, 5.41) is 0. The van der Waals surface area contributed by atoms with Gasteiger partial charge in [0.05, 0.1) is 12.3 Å². The number of rotatable bonds is 7. The summed E-state index contributed by atoms with van der Waals surface area (Å²) in [5.74, 6) is 0.0171. The summed E-state index contributed by atoms with van der Waals surface area (Å²) in [4.78, 5) is 19.2. The van der Waals surface area contributed by atoms with Gasteiger partial charge in [-0.05, 0) is 25.1 Å². The van der Waals surface area contributed by atoms with Crippen molar-refractivity contribution in [2.45, 2.75) is 6.92 Å². The normalized spacial score (nSPS) is 10.4. The summed E-state index contributed by atoms with van der Waals surface area (Å²) in [6, 6.07) is 8.79. The fraction of sp³-hybridized carbons (Fsp3) is 0.267. The fourth-order valence-corrected chi connectivity index (χ4v) is 1.85. The summed E-state index contributed by atoms with van der Waals surface area (Å²) in [6.07, 6.45) is 0. The average Bonchev–Trinajstić information content (AvgIpc) is 2.51. The molecule has 1 heterocycles. The van der Waals surface area contributed by atoms with Crippen LogP contribution in [0.15, 0.2) is 30.3 Å². The Hall–Kier alpha value is -2.67. The van der Waals surface area contributed by atoms with E-state index in [-0.39, 0.29) is 11.6 Å². The Labute approximate surface area is 128 Å². The van der Waals surface area contributed by atoms with E-state index in [0.29, 0.717) is 31.3 Å². The number of carbonyl (C=O) groups excluding carboxylic acids is 1. The van der Waals surface area contributed by atoms with Crippen LogP contribution in [0.3, 0.4) is 0 Å². The van der Waals surface area contributed by atoms with Crippen molar-refractivity contribution < 1.29 is 14.3 Å². The molecule has 2 aromatic rings. The van der Waals surface area contributed by atoms with Crippen LogP contribution in [0.1, 0.15) is 17.4 Å². The number of carbonyl (C=O) groups is 1. The largest absolute Gasteiger partial charge is 0.491 e. The van der Waals surface area contributed by atoms with Crippen LogP contribution >= 0.6 is 0 Å². The molecule has 0 atom stereocenters. The van der Waals surface area contributed by atoms with E-state index in [0.717, 1.165) is 5.56 Å². The molecular formula is C15H18N4O3. The highest BCUT2D eigenvalue weighted by atomic mass is 16.5. The first-order valence-corrected chi connectivity index (χ1v) is 6.85. The van der Waals surface area contributed by atoms with Crippen LogP contribution in [0.25, 0.3) is 11.3 Å². The molecule has 0 aliphatic carbocycles. The zero-order valence-electron chi connectivity index (χ0n) is 12.3. The van der Waals surface area contributed by atoms with E-state index < -0.39 is 5.91 Å². The van der Waals surface area contributed by atoms with E-state index >= 15 is 0 Å². The standard InChI is InChI=1S/C15H18N4O3/c1-2-21-6-7-22-11-5-3-4-10(8-11)12-9-13(14(16)20)19-15(17)18-12/h3-5,8-9H,2,6-7H2,1H3,(H2,16,20)(H2,17,18,19). The van der Waals surface area contributed by atoms with Gasteiger partial charge in [-0.3, -0.25) is 4.79 Å². The SMILES string of the molecule is CCOCCOc1cccc(-c2cc(C(N)=O)nc(N)n2)c1. The number of nitrogen functional groups attached to an aromatic ring is 1. The molecule has 0 aliphatic rings. The van der Waals surface area contributed by atoms with Crippen LogP contribution in [0.2, 0.25) is 0 Å². The number of anilines is 1. The maximum atomic E-state index is 11.2. The monoisotopic (exact) mass is 302 g/mol. The molecule has 2 rings (SSSR count). The number of primary amides is 1. The third-order valence-electron chi connectivity index (χ3n) is 2.83. The third-order valence-corrected chi connectivity index (χ3v) is 2.83. The molecule has 0 unspecified atom stereocenters.